The fourth-order valence-electron chi connectivity index (χ4n) is 3.34. The summed E-state index contributed by atoms with van der Waals surface area (Å²) < 4.78 is 11.0. The number of nitrogens with zero attached hydrogens (tertiary/aromatic N) is 1. The number of benzene rings is 1. The van der Waals surface area contributed by atoms with Crippen molar-refractivity contribution >= 4 is 24.0 Å². The number of hydrogen-bond acceptors (Lipinski definition) is 6. The Morgan fingerprint density at radius 3 is 2.73 bits per heavy atom. The molecule has 0 unspecified atom stereocenters. The van der Waals surface area contributed by atoms with Crippen LogP contribution in [0.15, 0.2) is 12.1 Å². The molecule has 1 fully saturated rings. The van der Waals surface area contributed by atoms with Crippen LogP contribution < -0.4 is 15.0 Å². The molecule has 3 rings (SSSR count). The van der Waals surface area contributed by atoms with Gasteiger partial charge in [0.15, 0.2) is 6.29 Å². The lowest BCUT2D eigenvalue weighted by Gasteiger charge is -2.33. The summed E-state index contributed by atoms with van der Waals surface area (Å²) in [5.74, 6) is -0.742. The second-order valence-corrected chi connectivity index (χ2v) is 7.53. The molecule has 1 saturated heterocycles. The number of carbonyl (C=O) groups excluding carboxylic acids is 2. The summed E-state index contributed by atoms with van der Waals surface area (Å²) in [7, 11) is 0. The predicted octanol–water partition coefficient (Wildman–Crippen LogP) is 2.06. The maximum absolute atomic E-state index is 12.0. The molecule has 26 heavy (non-hydrogen) atoms. The number of aldehydes is 1. The Morgan fingerprint density at radius 1 is 1.38 bits per heavy atom. The zero-order valence-corrected chi connectivity index (χ0v) is 14.9. The van der Waals surface area contributed by atoms with E-state index in [0.29, 0.717) is 37.3 Å². The Kier molecular flexibility index (Phi) is 4.52. The van der Waals surface area contributed by atoms with E-state index in [1.165, 1.54) is 12.1 Å². The van der Waals surface area contributed by atoms with Crippen LogP contribution >= 0.6 is 0 Å². The molecule has 2 aliphatic rings. The summed E-state index contributed by atoms with van der Waals surface area (Å²) in [5.41, 5.74) is 0.114. The first-order valence-electron chi connectivity index (χ1n) is 8.43. The SMILES string of the molecule is CC(C)(C)OC(=O)N[C@H]1C[C@H]2COc3cc(C(=O)O)c(C=O)cc3N2C1. The van der Waals surface area contributed by atoms with Gasteiger partial charge in [-0.2, -0.15) is 0 Å². The monoisotopic (exact) mass is 362 g/mol. The fraction of sp³-hybridized carbons (Fsp3) is 0.500. The summed E-state index contributed by atoms with van der Waals surface area (Å²) in [6.07, 6.45) is 0.730. The van der Waals surface area contributed by atoms with Crippen molar-refractivity contribution in [3.8, 4) is 5.75 Å². The fourth-order valence-corrected chi connectivity index (χ4v) is 3.34. The lowest BCUT2D eigenvalue weighted by molar-refractivity contribution is 0.0507. The van der Waals surface area contributed by atoms with Gasteiger partial charge in [0.25, 0.3) is 0 Å². The van der Waals surface area contributed by atoms with Gasteiger partial charge < -0.3 is 24.8 Å². The Balaban J connectivity index is 1.79. The first-order valence-corrected chi connectivity index (χ1v) is 8.43. The first kappa shape index (κ1) is 18.0. The number of anilines is 1. The number of rotatable bonds is 3. The van der Waals surface area contributed by atoms with Crippen LogP contribution in [0.5, 0.6) is 5.75 Å². The summed E-state index contributed by atoms with van der Waals surface area (Å²) in [6, 6.07) is 2.83. The third kappa shape index (κ3) is 3.58. The first-order chi connectivity index (χ1) is 12.2. The maximum atomic E-state index is 12.0. The lowest BCUT2D eigenvalue weighted by atomic mass is 10.0. The van der Waals surface area contributed by atoms with E-state index < -0.39 is 17.7 Å². The maximum Gasteiger partial charge on any atom is 0.407 e. The van der Waals surface area contributed by atoms with Crippen molar-refractivity contribution in [2.24, 2.45) is 0 Å². The van der Waals surface area contributed by atoms with Crippen molar-refractivity contribution in [3.05, 3.63) is 23.3 Å². The molecule has 0 bridgehead atoms. The third-order valence-electron chi connectivity index (χ3n) is 4.36. The van der Waals surface area contributed by atoms with E-state index in [1.807, 2.05) is 4.90 Å². The van der Waals surface area contributed by atoms with Gasteiger partial charge in [-0.05, 0) is 39.3 Å². The van der Waals surface area contributed by atoms with Crippen LogP contribution in [0.25, 0.3) is 0 Å². The molecular formula is C18H22N2O6. The molecular weight excluding hydrogens is 340 g/mol. The molecule has 0 aromatic heterocycles. The van der Waals surface area contributed by atoms with Crippen LogP contribution in [-0.4, -0.2) is 54.3 Å². The van der Waals surface area contributed by atoms with Gasteiger partial charge in [0.1, 0.15) is 18.0 Å². The second-order valence-electron chi connectivity index (χ2n) is 7.53. The molecule has 2 heterocycles. The number of amides is 1. The average Bonchev–Trinajstić information content (AvgIpc) is 2.94. The topological polar surface area (TPSA) is 105 Å². The molecule has 1 amide bonds. The summed E-state index contributed by atoms with van der Waals surface area (Å²) >= 11 is 0. The molecule has 8 nitrogen and oxygen atoms in total. The molecule has 0 aliphatic carbocycles. The number of fused-ring (bicyclic) bond motifs is 3. The normalized spacial score (nSPS) is 21.3. The standard InChI is InChI=1S/C18H22N2O6/c1-18(2,3)26-17(24)19-11-5-12-9-25-15-6-13(16(22)23)10(8-21)4-14(15)20(12)7-11/h4,6,8,11-12H,5,7,9H2,1-3H3,(H,19,24)(H,22,23)/t11-,12-/m0/s1. The zero-order chi connectivity index (χ0) is 19.1. The van der Waals surface area contributed by atoms with Gasteiger partial charge in [0.05, 0.1) is 23.3 Å². The van der Waals surface area contributed by atoms with E-state index in [0.717, 1.165) is 0 Å². The predicted molar refractivity (Wildman–Crippen MR) is 93.2 cm³/mol. The quantitative estimate of drug-likeness (QED) is 0.793. The van der Waals surface area contributed by atoms with Crippen molar-refractivity contribution in [2.45, 2.75) is 44.9 Å². The van der Waals surface area contributed by atoms with Crippen molar-refractivity contribution in [1.29, 1.82) is 0 Å². The summed E-state index contributed by atoms with van der Waals surface area (Å²) in [5, 5.41) is 12.1. The van der Waals surface area contributed by atoms with Crippen LogP contribution in [0, 0.1) is 0 Å². The molecule has 2 atom stereocenters. The van der Waals surface area contributed by atoms with Gasteiger partial charge in [-0.25, -0.2) is 9.59 Å². The van der Waals surface area contributed by atoms with Gasteiger partial charge in [0, 0.05) is 12.1 Å². The second kappa shape index (κ2) is 6.51. The van der Waals surface area contributed by atoms with E-state index in [-0.39, 0.29) is 23.2 Å². The molecule has 0 saturated carbocycles. The van der Waals surface area contributed by atoms with E-state index in [4.69, 9.17) is 9.47 Å². The van der Waals surface area contributed by atoms with Crippen molar-refractivity contribution < 1.29 is 29.0 Å². The Bertz CT molecular complexity index is 755. The number of alkyl carbamates (subject to hydrolysis) is 1. The van der Waals surface area contributed by atoms with Crippen molar-refractivity contribution in [3.63, 3.8) is 0 Å². The summed E-state index contributed by atoms with van der Waals surface area (Å²) in [6.45, 7) is 6.32. The molecule has 1 aromatic rings. The Morgan fingerprint density at radius 2 is 2.12 bits per heavy atom. The highest BCUT2D eigenvalue weighted by atomic mass is 16.6. The number of ether oxygens (including phenoxy) is 2. The van der Waals surface area contributed by atoms with Crippen molar-refractivity contribution in [1.82, 2.24) is 5.32 Å². The number of carboxylic acid groups (broad SMARTS) is 1. The third-order valence-corrected chi connectivity index (χ3v) is 4.36. The number of aromatic carboxylic acids is 1. The van der Waals surface area contributed by atoms with Crippen molar-refractivity contribution in [2.75, 3.05) is 18.1 Å². The molecule has 0 radical (unpaired) electrons. The molecule has 0 spiro atoms. The molecule has 140 valence electrons. The highest BCUT2D eigenvalue weighted by Crippen LogP contribution is 2.39. The van der Waals surface area contributed by atoms with Crippen LogP contribution in [-0.2, 0) is 4.74 Å². The lowest BCUT2D eigenvalue weighted by Crippen LogP contribution is -2.41. The minimum absolute atomic E-state index is 0.0395. The van der Waals surface area contributed by atoms with Crippen LogP contribution in [0.1, 0.15) is 47.9 Å². The minimum Gasteiger partial charge on any atom is -0.489 e. The highest BCUT2D eigenvalue weighted by Gasteiger charge is 2.38. The largest absolute Gasteiger partial charge is 0.489 e. The van der Waals surface area contributed by atoms with Crippen LogP contribution in [0.3, 0.4) is 0 Å². The van der Waals surface area contributed by atoms with E-state index >= 15 is 0 Å². The number of hydrogen-bond donors (Lipinski definition) is 2. The smallest absolute Gasteiger partial charge is 0.407 e. The molecule has 2 aliphatic heterocycles. The molecule has 1 aromatic carbocycles. The van der Waals surface area contributed by atoms with E-state index in [1.54, 1.807) is 20.8 Å². The Hall–Kier alpha value is -2.77. The summed E-state index contributed by atoms with van der Waals surface area (Å²) in [4.78, 5) is 36.6. The molecule has 8 heteroatoms. The van der Waals surface area contributed by atoms with Gasteiger partial charge in [0.2, 0.25) is 0 Å². The van der Waals surface area contributed by atoms with Crippen LogP contribution in [0.2, 0.25) is 0 Å². The zero-order valence-electron chi connectivity index (χ0n) is 14.9. The number of nitrogens with one attached hydrogen (secondary N) is 1. The van der Waals surface area contributed by atoms with Gasteiger partial charge in [-0.1, -0.05) is 0 Å². The van der Waals surface area contributed by atoms with E-state index in [9.17, 15) is 19.5 Å². The minimum atomic E-state index is -1.17. The van der Waals surface area contributed by atoms with Crippen LogP contribution in [0.4, 0.5) is 10.5 Å². The average molecular weight is 362 g/mol. The highest BCUT2D eigenvalue weighted by molar-refractivity contribution is 5.99. The van der Waals surface area contributed by atoms with E-state index in [2.05, 4.69) is 5.32 Å². The van der Waals surface area contributed by atoms with Gasteiger partial charge >= 0.3 is 12.1 Å². The van der Waals surface area contributed by atoms with Gasteiger partial charge in [-0.3, -0.25) is 4.79 Å². The Labute approximate surface area is 151 Å². The molecule has 2 N–H and O–H groups in total. The number of carboxylic acids is 1. The van der Waals surface area contributed by atoms with Gasteiger partial charge in [-0.15, -0.1) is 0 Å². The number of carbonyl (C=O) groups is 3.